The van der Waals surface area contributed by atoms with Crippen molar-refractivity contribution in [1.29, 1.82) is 10.5 Å². The second kappa shape index (κ2) is 5.78. The standard InChI is InChI=1S/C8H18Si.C2N2/c1-8-6-4-5-7-9(8,2)3;3-1-2-4/h8H,4-7H2,1-3H3;. The van der Waals surface area contributed by atoms with Crippen molar-refractivity contribution in [2.45, 2.75) is 50.9 Å². The minimum atomic E-state index is -0.694. The summed E-state index contributed by atoms with van der Waals surface area (Å²) in [6.07, 6.45) is 4.53. The van der Waals surface area contributed by atoms with Crippen LogP contribution in [0.25, 0.3) is 0 Å². The SMILES string of the molecule is CC1CCCC[Si]1(C)C.N#CC#N. The van der Waals surface area contributed by atoms with E-state index in [4.69, 9.17) is 10.5 Å². The molecule has 3 heteroatoms. The molecule has 72 valence electrons. The van der Waals surface area contributed by atoms with Crippen LogP contribution in [0.5, 0.6) is 0 Å². The third-order valence-corrected chi connectivity index (χ3v) is 7.69. The molecule has 0 spiro atoms. The Hall–Kier alpha value is -0.803. The van der Waals surface area contributed by atoms with Gasteiger partial charge in [-0.2, -0.15) is 10.5 Å². The molecule has 0 aromatic heterocycles. The van der Waals surface area contributed by atoms with Crippen LogP contribution in [0.4, 0.5) is 0 Å². The average Bonchev–Trinajstić information content (AvgIpc) is 2.11. The van der Waals surface area contributed by atoms with E-state index in [9.17, 15) is 0 Å². The van der Waals surface area contributed by atoms with Crippen LogP contribution in [0.2, 0.25) is 24.7 Å². The first-order valence-electron chi connectivity index (χ1n) is 4.83. The Morgan fingerprint density at radius 1 is 1.15 bits per heavy atom. The molecule has 0 aliphatic carbocycles. The number of hydrogen-bond acceptors (Lipinski definition) is 2. The zero-order valence-corrected chi connectivity index (χ0v) is 9.80. The fraction of sp³-hybridized carbons (Fsp3) is 0.800. The maximum absolute atomic E-state index is 7.26. The highest BCUT2D eigenvalue weighted by Gasteiger charge is 2.30. The van der Waals surface area contributed by atoms with Gasteiger partial charge in [-0.05, 0) is 5.54 Å². The molecule has 13 heavy (non-hydrogen) atoms. The summed E-state index contributed by atoms with van der Waals surface area (Å²) in [6, 6.07) is 4.05. The highest BCUT2D eigenvalue weighted by atomic mass is 28.3. The molecule has 1 fully saturated rings. The van der Waals surface area contributed by atoms with Gasteiger partial charge in [0.05, 0.1) is 8.07 Å². The van der Waals surface area contributed by atoms with Crippen LogP contribution in [0.3, 0.4) is 0 Å². The van der Waals surface area contributed by atoms with Gasteiger partial charge in [0, 0.05) is 0 Å². The molecule has 1 atom stereocenters. The molecule has 0 bridgehead atoms. The van der Waals surface area contributed by atoms with Crippen molar-refractivity contribution in [3.05, 3.63) is 0 Å². The maximum Gasteiger partial charge on any atom is 0.181 e. The summed E-state index contributed by atoms with van der Waals surface area (Å²) >= 11 is 0. The van der Waals surface area contributed by atoms with Gasteiger partial charge in [-0.15, -0.1) is 0 Å². The monoisotopic (exact) mass is 194 g/mol. The Balaban J connectivity index is 0.000000310. The molecule has 1 rings (SSSR count). The van der Waals surface area contributed by atoms with E-state index < -0.39 is 8.07 Å². The fourth-order valence-electron chi connectivity index (χ4n) is 1.67. The summed E-state index contributed by atoms with van der Waals surface area (Å²) in [5.74, 6) is 0. The van der Waals surface area contributed by atoms with Crippen molar-refractivity contribution in [2.75, 3.05) is 0 Å². The molecule has 0 saturated carbocycles. The Morgan fingerprint density at radius 3 is 1.92 bits per heavy atom. The summed E-state index contributed by atoms with van der Waals surface area (Å²) in [7, 11) is -0.694. The van der Waals surface area contributed by atoms with E-state index in [-0.39, 0.29) is 0 Å². The van der Waals surface area contributed by atoms with E-state index in [1.165, 1.54) is 31.4 Å². The largest absolute Gasteiger partial charge is 0.181 e. The first kappa shape index (κ1) is 12.2. The van der Waals surface area contributed by atoms with E-state index in [0.717, 1.165) is 5.54 Å². The van der Waals surface area contributed by atoms with E-state index in [0.29, 0.717) is 0 Å². The number of hydrogen-bond donors (Lipinski definition) is 0. The van der Waals surface area contributed by atoms with Crippen LogP contribution in [0.15, 0.2) is 0 Å². The lowest BCUT2D eigenvalue weighted by atomic mass is 10.2. The van der Waals surface area contributed by atoms with Crippen molar-refractivity contribution < 1.29 is 0 Å². The molecule has 0 aromatic rings. The topological polar surface area (TPSA) is 47.6 Å². The molecule has 1 unspecified atom stereocenters. The van der Waals surface area contributed by atoms with Crippen molar-refractivity contribution in [3.8, 4) is 12.1 Å². The molecular weight excluding hydrogens is 176 g/mol. The third kappa shape index (κ3) is 4.70. The summed E-state index contributed by atoms with van der Waals surface area (Å²) < 4.78 is 0. The predicted octanol–water partition coefficient (Wildman–Crippen LogP) is 3.30. The van der Waals surface area contributed by atoms with Crippen LogP contribution >= 0.6 is 0 Å². The lowest BCUT2D eigenvalue weighted by Gasteiger charge is -2.34. The molecule has 1 saturated heterocycles. The zero-order chi connectivity index (χ0) is 10.3. The number of nitriles is 2. The highest BCUT2D eigenvalue weighted by Crippen LogP contribution is 2.36. The van der Waals surface area contributed by atoms with Gasteiger partial charge in [0.2, 0.25) is 0 Å². The lowest BCUT2D eigenvalue weighted by Crippen LogP contribution is -2.33. The minimum absolute atomic E-state index is 0.694. The van der Waals surface area contributed by atoms with Gasteiger partial charge in [-0.3, -0.25) is 0 Å². The summed E-state index contributed by atoms with van der Waals surface area (Å²) in [5.41, 5.74) is 1.09. The molecule has 1 heterocycles. The van der Waals surface area contributed by atoms with Gasteiger partial charge in [0.15, 0.2) is 12.1 Å². The van der Waals surface area contributed by atoms with E-state index in [1.807, 2.05) is 0 Å². The van der Waals surface area contributed by atoms with Crippen molar-refractivity contribution >= 4 is 8.07 Å². The number of rotatable bonds is 0. The highest BCUT2D eigenvalue weighted by molar-refractivity contribution is 6.78. The molecule has 0 N–H and O–H groups in total. The van der Waals surface area contributed by atoms with E-state index in [2.05, 4.69) is 20.0 Å². The fourth-order valence-corrected chi connectivity index (χ4v) is 4.31. The molecule has 1 aliphatic rings. The lowest BCUT2D eigenvalue weighted by molar-refractivity contribution is 0.635. The average molecular weight is 194 g/mol. The molecular formula is C10H18N2Si. The van der Waals surface area contributed by atoms with Crippen molar-refractivity contribution in [2.24, 2.45) is 0 Å². The Bertz CT molecular complexity index is 210. The normalized spacial score (nSPS) is 24.5. The molecule has 1 aliphatic heterocycles. The van der Waals surface area contributed by atoms with E-state index >= 15 is 0 Å². The first-order valence-corrected chi connectivity index (χ1v) is 8.11. The van der Waals surface area contributed by atoms with Gasteiger partial charge < -0.3 is 0 Å². The Labute approximate surface area is 82.2 Å². The second-order valence-corrected chi connectivity index (χ2v) is 9.82. The van der Waals surface area contributed by atoms with Crippen LogP contribution in [-0.2, 0) is 0 Å². The Kier molecular flexibility index (Phi) is 5.42. The smallest absolute Gasteiger partial charge is 0.181 e. The molecule has 0 radical (unpaired) electrons. The molecule has 0 amide bonds. The van der Waals surface area contributed by atoms with Crippen molar-refractivity contribution in [3.63, 3.8) is 0 Å². The van der Waals surface area contributed by atoms with Crippen LogP contribution in [0.1, 0.15) is 26.2 Å². The van der Waals surface area contributed by atoms with Gasteiger partial charge in [0.25, 0.3) is 0 Å². The minimum Gasteiger partial charge on any atom is -0.181 e. The predicted molar refractivity (Wildman–Crippen MR) is 56.8 cm³/mol. The summed E-state index contributed by atoms with van der Waals surface area (Å²) in [5, 5.41) is 14.5. The number of nitrogens with zero attached hydrogens (tertiary/aromatic N) is 2. The van der Waals surface area contributed by atoms with Gasteiger partial charge in [-0.1, -0.05) is 45.3 Å². The van der Waals surface area contributed by atoms with Crippen LogP contribution < -0.4 is 0 Å². The van der Waals surface area contributed by atoms with Gasteiger partial charge >= 0.3 is 0 Å². The second-order valence-electron chi connectivity index (χ2n) is 4.36. The summed E-state index contributed by atoms with van der Waals surface area (Å²) in [6.45, 7) is 7.53. The van der Waals surface area contributed by atoms with Crippen LogP contribution in [-0.4, -0.2) is 8.07 Å². The molecule has 0 aromatic carbocycles. The first-order chi connectivity index (χ1) is 6.04. The zero-order valence-electron chi connectivity index (χ0n) is 8.80. The summed E-state index contributed by atoms with van der Waals surface area (Å²) in [4.78, 5) is 0. The van der Waals surface area contributed by atoms with E-state index in [1.54, 1.807) is 6.04 Å². The van der Waals surface area contributed by atoms with Gasteiger partial charge in [0.1, 0.15) is 0 Å². The maximum atomic E-state index is 7.26. The van der Waals surface area contributed by atoms with Gasteiger partial charge in [-0.25, -0.2) is 0 Å². The molecule has 2 nitrogen and oxygen atoms in total. The Morgan fingerprint density at radius 2 is 1.69 bits per heavy atom. The van der Waals surface area contributed by atoms with Crippen molar-refractivity contribution in [1.82, 2.24) is 0 Å². The quantitative estimate of drug-likeness (QED) is 0.555. The third-order valence-electron chi connectivity index (χ3n) is 3.09. The van der Waals surface area contributed by atoms with Crippen LogP contribution in [0, 0.1) is 22.7 Å².